The van der Waals surface area contributed by atoms with Gasteiger partial charge in [-0.3, -0.25) is 14.0 Å². The van der Waals surface area contributed by atoms with Gasteiger partial charge >= 0.3 is 0 Å². The number of sulfonamides is 1. The van der Waals surface area contributed by atoms with Gasteiger partial charge in [0.25, 0.3) is 0 Å². The number of nitrogens with zero attached hydrogens (tertiary/aromatic N) is 3. The number of methoxy groups -OCH3 is 1. The molecular formula is C23H31N3O4S. The van der Waals surface area contributed by atoms with Gasteiger partial charge in [0.05, 0.1) is 19.1 Å². The Morgan fingerprint density at radius 2 is 1.65 bits per heavy atom. The van der Waals surface area contributed by atoms with Gasteiger partial charge in [-0.1, -0.05) is 30.3 Å². The van der Waals surface area contributed by atoms with Gasteiger partial charge in [0, 0.05) is 45.7 Å². The summed E-state index contributed by atoms with van der Waals surface area (Å²) in [5, 5.41) is 0. The molecule has 0 aromatic heterocycles. The Morgan fingerprint density at radius 3 is 2.23 bits per heavy atom. The summed E-state index contributed by atoms with van der Waals surface area (Å²) < 4.78 is 31.0. The first-order valence-corrected chi connectivity index (χ1v) is 12.4. The van der Waals surface area contributed by atoms with E-state index in [1.165, 1.54) is 16.1 Å². The number of anilines is 1. The Morgan fingerprint density at radius 1 is 1.00 bits per heavy atom. The third-order valence-corrected chi connectivity index (χ3v) is 6.68. The maximum Gasteiger partial charge on any atom is 0.232 e. The van der Waals surface area contributed by atoms with Crippen molar-refractivity contribution >= 4 is 21.6 Å². The number of hydrogen-bond donors (Lipinski definition) is 0. The molecule has 1 amide bonds. The molecule has 0 aliphatic carbocycles. The molecule has 7 nitrogen and oxygen atoms in total. The van der Waals surface area contributed by atoms with Crippen LogP contribution in [0.25, 0.3) is 0 Å². The summed E-state index contributed by atoms with van der Waals surface area (Å²) in [6.07, 6.45) is 1.99. The molecule has 3 rings (SSSR count). The normalized spacial score (nSPS) is 15.0. The van der Waals surface area contributed by atoms with Gasteiger partial charge in [0.1, 0.15) is 5.75 Å². The fraction of sp³-hybridized carbons (Fsp3) is 0.435. The quantitative estimate of drug-likeness (QED) is 0.593. The van der Waals surface area contributed by atoms with Crippen molar-refractivity contribution in [2.24, 2.45) is 0 Å². The smallest absolute Gasteiger partial charge is 0.232 e. The molecule has 0 saturated carbocycles. The van der Waals surface area contributed by atoms with E-state index in [1.54, 1.807) is 31.4 Å². The van der Waals surface area contributed by atoms with Crippen molar-refractivity contribution in [1.82, 2.24) is 9.80 Å². The second-order valence-corrected chi connectivity index (χ2v) is 9.69. The number of benzene rings is 2. The highest BCUT2D eigenvalue weighted by molar-refractivity contribution is 7.92. The van der Waals surface area contributed by atoms with E-state index in [9.17, 15) is 13.2 Å². The first-order chi connectivity index (χ1) is 14.9. The second-order valence-electron chi connectivity index (χ2n) is 7.78. The zero-order valence-electron chi connectivity index (χ0n) is 18.2. The van der Waals surface area contributed by atoms with E-state index < -0.39 is 10.0 Å². The third kappa shape index (κ3) is 6.70. The van der Waals surface area contributed by atoms with Gasteiger partial charge in [-0.15, -0.1) is 0 Å². The van der Waals surface area contributed by atoms with E-state index in [1.807, 2.05) is 23.1 Å². The molecule has 0 bridgehead atoms. The summed E-state index contributed by atoms with van der Waals surface area (Å²) in [6.45, 7) is 4.28. The van der Waals surface area contributed by atoms with Crippen LogP contribution in [0.3, 0.4) is 0 Å². The predicted molar refractivity (Wildman–Crippen MR) is 123 cm³/mol. The largest absolute Gasteiger partial charge is 0.497 e. The van der Waals surface area contributed by atoms with Crippen molar-refractivity contribution in [2.45, 2.75) is 19.4 Å². The zero-order valence-corrected chi connectivity index (χ0v) is 19.1. The van der Waals surface area contributed by atoms with Crippen LogP contribution < -0.4 is 9.04 Å². The highest BCUT2D eigenvalue weighted by atomic mass is 32.2. The standard InChI is InChI=1S/C23H31N3O4S/c1-30-22-12-10-21(11-13-22)26(31(2,28)29)14-6-9-23(27)25-17-15-24(16-18-25)19-20-7-4-3-5-8-20/h3-5,7-8,10-13H,6,9,14-19H2,1-2H3. The van der Waals surface area contributed by atoms with Gasteiger partial charge in [0.15, 0.2) is 0 Å². The minimum Gasteiger partial charge on any atom is -0.497 e. The van der Waals surface area contributed by atoms with Crippen molar-refractivity contribution in [3.05, 3.63) is 60.2 Å². The zero-order chi connectivity index (χ0) is 22.3. The number of hydrogen-bond acceptors (Lipinski definition) is 5. The number of piperazine rings is 1. The summed E-state index contributed by atoms with van der Waals surface area (Å²) in [7, 11) is -1.87. The molecule has 8 heteroatoms. The molecule has 1 aliphatic rings. The summed E-state index contributed by atoms with van der Waals surface area (Å²) in [6, 6.07) is 17.2. The Kier molecular flexibility index (Phi) is 7.92. The molecule has 1 saturated heterocycles. The molecule has 0 N–H and O–H groups in total. The molecule has 0 unspecified atom stereocenters. The Hall–Kier alpha value is -2.58. The molecular weight excluding hydrogens is 414 g/mol. The van der Waals surface area contributed by atoms with Crippen LogP contribution in [0, 0.1) is 0 Å². The van der Waals surface area contributed by atoms with Crippen LogP contribution in [-0.2, 0) is 21.4 Å². The van der Waals surface area contributed by atoms with Crippen LogP contribution in [0.15, 0.2) is 54.6 Å². The number of ether oxygens (including phenoxy) is 1. The lowest BCUT2D eigenvalue weighted by Crippen LogP contribution is -2.48. The molecule has 31 heavy (non-hydrogen) atoms. The lowest BCUT2D eigenvalue weighted by atomic mass is 10.2. The van der Waals surface area contributed by atoms with Crippen LogP contribution in [0.1, 0.15) is 18.4 Å². The third-order valence-electron chi connectivity index (χ3n) is 5.49. The molecule has 2 aromatic rings. The maximum absolute atomic E-state index is 12.6. The van der Waals surface area contributed by atoms with Crippen molar-refractivity contribution < 1.29 is 17.9 Å². The minimum atomic E-state index is -3.44. The average molecular weight is 446 g/mol. The van der Waals surface area contributed by atoms with Gasteiger partial charge in [0.2, 0.25) is 15.9 Å². The highest BCUT2D eigenvalue weighted by Gasteiger charge is 2.22. The monoisotopic (exact) mass is 445 g/mol. The van der Waals surface area contributed by atoms with Crippen molar-refractivity contribution in [2.75, 3.05) is 50.4 Å². The number of rotatable bonds is 9. The van der Waals surface area contributed by atoms with Crippen molar-refractivity contribution in [3.63, 3.8) is 0 Å². The molecule has 0 atom stereocenters. The molecule has 0 radical (unpaired) electrons. The molecule has 0 spiro atoms. The highest BCUT2D eigenvalue weighted by Crippen LogP contribution is 2.22. The SMILES string of the molecule is COc1ccc(N(CCCC(=O)N2CCN(Cc3ccccc3)CC2)S(C)(=O)=O)cc1. The van der Waals surface area contributed by atoms with Crippen LogP contribution in [0.2, 0.25) is 0 Å². The van der Waals surface area contributed by atoms with Gasteiger partial charge < -0.3 is 9.64 Å². The van der Waals surface area contributed by atoms with E-state index >= 15 is 0 Å². The molecule has 168 valence electrons. The number of carbonyl (C=O) groups is 1. The van der Waals surface area contributed by atoms with E-state index in [4.69, 9.17) is 4.74 Å². The number of carbonyl (C=O) groups excluding carboxylic acids is 1. The first kappa shape index (κ1) is 23.1. The van der Waals surface area contributed by atoms with Gasteiger partial charge in [-0.05, 0) is 36.2 Å². The summed E-state index contributed by atoms with van der Waals surface area (Å²) in [4.78, 5) is 16.9. The fourth-order valence-electron chi connectivity index (χ4n) is 3.76. The average Bonchev–Trinajstić information content (AvgIpc) is 2.77. The van der Waals surface area contributed by atoms with E-state index in [2.05, 4.69) is 17.0 Å². The van der Waals surface area contributed by atoms with E-state index in [-0.39, 0.29) is 12.5 Å². The van der Waals surface area contributed by atoms with Gasteiger partial charge in [-0.25, -0.2) is 8.42 Å². The Labute approximate surface area is 185 Å². The Balaban J connectivity index is 1.47. The van der Waals surface area contributed by atoms with Crippen molar-refractivity contribution in [1.29, 1.82) is 0 Å². The van der Waals surface area contributed by atoms with E-state index in [0.29, 0.717) is 37.4 Å². The second kappa shape index (κ2) is 10.6. The van der Waals surface area contributed by atoms with Crippen LogP contribution in [0.5, 0.6) is 5.75 Å². The first-order valence-electron chi connectivity index (χ1n) is 10.5. The van der Waals surface area contributed by atoms with Gasteiger partial charge in [-0.2, -0.15) is 0 Å². The topological polar surface area (TPSA) is 70.2 Å². The lowest BCUT2D eigenvalue weighted by Gasteiger charge is -2.35. The van der Waals surface area contributed by atoms with Crippen molar-refractivity contribution in [3.8, 4) is 5.75 Å². The Bertz CT molecular complexity index is 941. The minimum absolute atomic E-state index is 0.0857. The lowest BCUT2D eigenvalue weighted by molar-refractivity contribution is -0.133. The van der Waals surface area contributed by atoms with Crippen LogP contribution in [0.4, 0.5) is 5.69 Å². The summed E-state index contributed by atoms with van der Waals surface area (Å²) >= 11 is 0. The van der Waals surface area contributed by atoms with Crippen LogP contribution >= 0.6 is 0 Å². The molecule has 1 fully saturated rings. The molecule has 2 aromatic carbocycles. The predicted octanol–water partition coefficient (Wildman–Crippen LogP) is 2.59. The van der Waals surface area contributed by atoms with E-state index in [0.717, 1.165) is 19.6 Å². The maximum atomic E-state index is 12.6. The summed E-state index contributed by atoms with van der Waals surface area (Å²) in [5.74, 6) is 0.751. The fourth-order valence-corrected chi connectivity index (χ4v) is 4.73. The molecule has 1 aliphatic heterocycles. The number of amides is 1. The van der Waals surface area contributed by atoms with Crippen LogP contribution in [-0.4, -0.2) is 70.2 Å². The molecule has 1 heterocycles. The summed E-state index contributed by atoms with van der Waals surface area (Å²) in [5.41, 5.74) is 1.85.